The first-order chi connectivity index (χ1) is 9.38. The minimum absolute atomic E-state index is 0.991. The Morgan fingerprint density at radius 2 is 1.74 bits per heavy atom. The molecule has 0 fully saturated rings. The fourth-order valence-electron chi connectivity index (χ4n) is 2.76. The van der Waals surface area contributed by atoms with E-state index in [9.17, 15) is 0 Å². The molecule has 0 spiro atoms. The monoisotopic (exact) mass is 250 g/mol. The zero-order chi connectivity index (χ0) is 13.1. The molecule has 1 heteroatoms. The summed E-state index contributed by atoms with van der Waals surface area (Å²) in [6, 6.07) is 14.9. The molecular weight excluding hydrogens is 232 g/mol. The Balaban J connectivity index is 1.80. The van der Waals surface area contributed by atoms with E-state index in [-0.39, 0.29) is 0 Å². The molecule has 2 aromatic carbocycles. The number of benzene rings is 2. The van der Waals surface area contributed by atoms with Crippen molar-refractivity contribution in [1.29, 1.82) is 0 Å². The van der Waals surface area contributed by atoms with E-state index in [0.29, 0.717) is 0 Å². The molecule has 0 saturated carbocycles. The van der Waals surface area contributed by atoms with Crippen LogP contribution in [0.2, 0.25) is 0 Å². The number of allylic oxidation sites excluding steroid dienone is 1. The maximum atomic E-state index is 5.41. The summed E-state index contributed by atoms with van der Waals surface area (Å²) in [5, 5.41) is 0. The second-order valence-corrected chi connectivity index (χ2v) is 4.91. The van der Waals surface area contributed by atoms with Gasteiger partial charge in [-0.15, -0.1) is 0 Å². The lowest BCUT2D eigenvalue weighted by molar-refractivity contribution is 0.409. The van der Waals surface area contributed by atoms with Crippen LogP contribution in [0.5, 0.6) is 5.75 Å². The number of ether oxygens (including phenoxy) is 1. The maximum absolute atomic E-state index is 5.41. The molecule has 96 valence electrons. The predicted octanol–water partition coefficient (Wildman–Crippen LogP) is 4.05. The number of rotatable bonds is 4. The number of para-hydroxylation sites is 1. The maximum Gasteiger partial charge on any atom is 0.122 e. The highest BCUT2D eigenvalue weighted by Crippen LogP contribution is 2.25. The van der Waals surface area contributed by atoms with Gasteiger partial charge in [0.15, 0.2) is 0 Å². The average Bonchev–Trinajstić information content (AvgIpc) is 2.94. The Hall–Kier alpha value is -2.02. The molecule has 1 aliphatic carbocycles. The first-order valence-corrected chi connectivity index (χ1v) is 6.77. The lowest BCUT2D eigenvalue weighted by atomic mass is 9.97. The van der Waals surface area contributed by atoms with E-state index < -0.39 is 0 Å². The quantitative estimate of drug-likeness (QED) is 0.795. The van der Waals surface area contributed by atoms with E-state index in [2.05, 4.69) is 42.5 Å². The normalized spacial score (nSPS) is 12.5. The van der Waals surface area contributed by atoms with Crippen molar-refractivity contribution in [1.82, 2.24) is 0 Å². The van der Waals surface area contributed by atoms with Crippen molar-refractivity contribution < 1.29 is 4.74 Å². The molecule has 0 aromatic heterocycles. The molecule has 0 unspecified atom stereocenters. The van der Waals surface area contributed by atoms with Gasteiger partial charge < -0.3 is 4.74 Å². The average molecular weight is 250 g/mol. The van der Waals surface area contributed by atoms with Gasteiger partial charge in [-0.3, -0.25) is 0 Å². The van der Waals surface area contributed by atoms with Crippen LogP contribution >= 0.6 is 0 Å². The molecule has 19 heavy (non-hydrogen) atoms. The van der Waals surface area contributed by atoms with Crippen molar-refractivity contribution in [2.45, 2.75) is 19.3 Å². The lowest BCUT2D eigenvalue weighted by Gasteiger charge is -2.10. The van der Waals surface area contributed by atoms with Crippen molar-refractivity contribution in [3.63, 3.8) is 0 Å². The van der Waals surface area contributed by atoms with Gasteiger partial charge in [-0.2, -0.15) is 0 Å². The van der Waals surface area contributed by atoms with Gasteiger partial charge in [0.05, 0.1) is 7.11 Å². The van der Waals surface area contributed by atoms with Crippen molar-refractivity contribution >= 4 is 6.08 Å². The van der Waals surface area contributed by atoms with Crippen LogP contribution in [-0.2, 0) is 19.3 Å². The van der Waals surface area contributed by atoms with Gasteiger partial charge >= 0.3 is 0 Å². The highest BCUT2D eigenvalue weighted by molar-refractivity contribution is 5.63. The molecule has 0 radical (unpaired) electrons. The smallest absolute Gasteiger partial charge is 0.122 e. The van der Waals surface area contributed by atoms with Crippen LogP contribution in [0.15, 0.2) is 48.5 Å². The van der Waals surface area contributed by atoms with Crippen molar-refractivity contribution in [3.8, 4) is 5.75 Å². The Bertz CT molecular complexity index is 611. The van der Waals surface area contributed by atoms with E-state index >= 15 is 0 Å². The van der Waals surface area contributed by atoms with Crippen LogP contribution in [0.3, 0.4) is 0 Å². The predicted molar refractivity (Wildman–Crippen MR) is 79.6 cm³/mol. The van der Waals surface area contributed by atoms with Crippen molar-refractivity contribution in [2.75, 3.05) is 7.11 Å². The summed E-state index contributed by atoms with van der Waals surface area (Å²) in [6.07, 6.45) is 7.67. The molecule has 0 bridgehead atoms. The van der Waals surface area contributed by atoms with Gasteiger partial charge in [0.2, 0.25) is 0 Å². The fourth-order valence-corrected chi connectivity index (χ4v) is 2.76. The van der Waals surface area contributed by atoms with E-state index in [0.717, 1.165) is 25.0 Å². The van der Waals surface area contributed by atoms with Crippen LogP contribution < -0.4 is 4.74 Å². The van der Waals surface area contributed by atoms with E-state index in [1.54, 1.807) is 7.11 Å². The molecule has 1 nitrogen and oxygen atoms in total. The summed E-state index contributed by atoms with van der Waals surface area (Å²) in [4.78, 5) is 0. The van der Waals surface area contributed by atoms with E-state index in [4.69, 9.17) is 4.74 Å². The van der Waals surface area contributed by atoms with E-state index in [1.165, 1.54) is 22.3 Å². The Labute approximate surface area is 114 Å². The van der Waals surface area contributed by atoms with Crippen molar-refractivity contribution in [2.24, 2.45) is 0 Å². The van der Waals surface area contributed by atoms with Crippen LogP contribution in [0.25, 0.3) is 6.08 Å². The summed E-state index contributed by atoms with van der Waals surface area (Å²) >= 11 is 0. The van der Waals surface area contributed by atoms with Gasteiger partial charge in [-0.05, 0) is 47.6 Å². The third kappa shape index (κ3) is 2.41. The minimum Gasteiger partial charge on any atom is -0.496 e. The topological polar surface area (TPSA) is 9.23 Å². The molecule has 0 saturated heterocycles. The molecule has 3 rings (SSSR count). The van der Waals surface area contributed by atoms with Crippen LogP contribution in [0, 0.1) is 0 Å². The SMILES string of the molecule is COc1ccccc1CCc1cccc2c1C=CC2. The second-order valence-electron chi connectivity index (χ2n) is 4.91. The standard InChI is InChI=1S/C18H18O/c1-19-18-11-3-2-6-16(18)13-12-15-8-4-7-14-9-5-10-17(14)15/h2-8,10-11H,9,12-13H2,1H3. The third-order valence-corrected chi connectivity index (χ3v) is 3.77. The Morgan fingerprint density at radius 3 is 2.63 bits per heavy atom. The molecular formula is C18H18O. The summed E-state index contributed by atoms with van der Waals surface area (Å²) < 4.78 is 5.41. The summed E-state index contributed by atoms with van der Waals surface area (Å²) in [5.41, 5.74) is 5.61. The van der Waals surface area contributed by atoms with Gasteiger partial charge in [-0.1, -0.05) is 48.6 Å². The summed E-state index contributed by atoms with van der Waals surface area (Å²) in [6.45, 7) is 0. The zero-order valence-corrected chi connectivity index (χ0v) is 11.2. The first-order valence-electron chi connectivity index (χ1n) is 6.77. The number of fused-ring (bicyclic) bond motifs is 1. The summed E-state index contributed by atoms with van der Waals surface area (Å²) in [7, 11) is 1.74. The van der Waals surface area contributed by atoms with E-state index in [1.807, 2.05) is 12.1 Å². The molecule has 0 atom stereocenters. The largest absolute Gasteiger partial charge is 0.496 e. The first kappa shape index (κ1) is 12.0. The van der Waals surface area contributed by atoms with Gasteiger partial charge in [0.25, 0.3) is 0 Å². The Kier molecular flexibility index (Phi) is 3.37. The zero-order valence-electron chi connectivity index (χ0n) is 11.2. The van der Waals surface area contributed by atoms with Gasteiger partial charge in [0.1, 0.15) is 5.75 Å². The molecule has 1 aliphatic rings. The Morgan fingerprint density at radius 1 is 0.947 bits per heavy atom. The van der Waals surface area contributed by atoms with Crippen LogP contribution in [-0.4, -0.2) is 7.11 Å². The molecule has 0 aliphatic heterocycles. The van der Waals surface area contributed by atoms with Gasteiger partial charge in [-0.25, -0.2) is 0 Å². The molecule has 0 N–H and O–H groups in total. The number of aryl methyl sites for hydroxylation is 2. The minimum atomic E-state index is 0.991. The van der Waals surface area contributed by atoms with Gasteiger partial charge in [0, 0.05) is 0 Å². The third-order valence-electron chi connectivity index (χ3n) is 3.77. The molecule has 2 aromatic rings. The lowest BCUT2D eigenvalue weighted by Crippen LogP contribution is -1.97. The molecule has 0 heterocycles. The van der Waals surface area contributed by atoms with Crippen LogP contribution in [0.4, 0.5) is 0 Å². The second kappa shape index (κ2) is 5.31. The highest BCUT2D eigenvalue weighted by atomic mass is 16.5. The molecule has 0 amide bonds. The summed E-state index contributed by atoms with van der Waals surface area (Å²) in [5.74, 6) is 0.991. The van der Waals surface area contributed by atoms with Crippen LogP contribution in [0.1, 0.15) is 22.3 Å². The number of hydrogen-bond acceptors (Lipinski definition) is 1. The number of hydrogen-bond donors (Lipinski definition) is 0. The fraction of sp³-hybridized carbons (Fsp3) is 0.222. The van der Waals surface area contributed by atoms with Crippen molar-refractivity contribution in [3.05, 3.63) is 70.8 Å². The number of methoxy groups -OCH3 is 1. The highest BCUT2D eigenvalue weighted by Gasteiger charge is 2.10.